The quantitative estimate of drug-likeness (QED) is 0.580. The first-order chi connectivity index (χ1) is 8.87. The van der Waals surface area contributed by atoms with Gasteiger partial charge in [0.25, 0.3) is 0 Å². The zero-order valence-electron chi connectivity index (χ0n) is 12.8. The van der Waals surface area contributed by atoms with Gasteiger partial charge in [-0.15, -0.1) is 0 Å². The fourth-order valence-corrected chi connectivity index (χ4v) is 2.39. The van der Waals surface area contributed by atoms with Gasteiger partial charge in [-0.25, -0.2) is 0 Å². The van der Waals surface area contributed by atoms with Crippen molar-refractivity contribution in [3.05, 3.63) is 47.7 Å². The molecule has 0 amide bonds. The second-order valence-electron chi connectivity index (χ2n) is 6.55. The minimum atomic E-state index is 0.955. The molecule has 0 atom stereocenters. The molecule has 0 aliphatic rings. The maximum atomic E-state index is 2.35. The van der Waals surface area contributed by atoms with Crippen LogP contribution in [-0.2, 0) is 13.1 Å². The second kappa shape index (κ2) is 5.22. The van der Waals surface area contributed by atoms with Crippen molar-refractivity contribution in [2.75, 3.05) is 21.1 Å². The van der Waals surface area contributed by atoms with Crippen LogP contribution in [0.25, 0.3) is 10.9 Å². The third kappa shape index (κ3) is 3.48. The lowest BCUT2D eigenvalue weighted by Gasteiger charge is -2.23. The van der Waals surface area contributed by atoms with Crippen LogP contribution in [0.3, 0.4) is 0 Å². The van der Waals surface area contributed by atoms with E-state index in [1.807, 2.05) is 0 Å². The van der Waals surface area contributed by atoms with E-state index in [0.717, 1.165) is 17.6 Å². The highest BCUT2D eigenvalue weighted by Crippen LogP contribution is 2.23. The highest BCUT2D eigenvalue weighted by Gasteiger charge is 2.14. The standard InChI is InChI=1S/C17H25N2/c1-14(2)10-11-18-12-15(13-19(3,4)5)16-8-6-7-9-17(16)18/h6-10,12H,11,13H2,1-5H3/q+1. The van der Waals surface area contributed by atoms with Crippen molar-refractivity contribution >= 4 is 10.9 Å². The highest BCUT2D eigenvalue weighted by atomic mass is 15.3. The zero-order valence-corrected chi connectivity index (χ0v) is 12.8. The molecular formula is C17H25N2+. The van der Waals surface area contributed by atoms with Crippen molar-refractivity contribution < 1.29 is 4.48 Å². The van der Waals surface area contributed by atoms with Crippen LogP contribution in [0.1, 0.15) is 19.4 Å². The third-order valence-electron chi connectivity index (χ3n) is 3.21. The van der Waals surface area contributed by atoms with Crippen molar-refractivity contribution in [2.24, 2.45) is 0 Å². The van der Waals surface area contributed by atoms with E-state index in [4.69, 9.17) is 0 Å². The predicted octanol–water partition coefficient (Wildman–Crippen LogP) is 3.81. The molecule has 102 valence electrons. The summed E-state index contributed by atoms with van der Waals surface area (Å²) >= 11 is 0. The van der Waals surface area contributed by atoms with Crippen LogP contribution in [0.2, 0.25) is 0 Å². The molecule has 2 nitrogen and oxygen atoms in total. The Kier molecular flexibility index (Phi) is 3.81. The van der Waals surface area contributed by atoms with Gasteiger partial charge >= 0.3 is 0 Å². The van der Waals surface area contributed by atoms with E-state index in [9.17, 15) is 0 Å². The lowest BCUT2D eigenvalue weighted by atomic mass is 10.1. The summed E-state index contributed by atoms with van der Waals surface area (Å²) in [6, 6.07) is 8.70. The number of fused-ring (bicyclic) bond motifs is 1. The molecule has 0 N–H and O–H groups in total. The summed E-state index contributed by atoms with van der Waals surface area (Å²) in [5.74, 6) is 0. The highest BCUT2D eigenvalue weighted by molar-refractivity contribution is 5.83. The number of hydrogen-bond donors (Lipinski definition) is 0. The molecule has 0 saturated heterocycles. The Labute approximate surface area is 116 Å². The Morgan fingerprint density at radius 2 is 1.84 bits per heavy atom. The predicted molar refractivity (Wildman–Crippen MR) is 83.1 cm³/mol. The fourth-order valence-electron chi connectivity index (χ4n) is 2.39. The largest absolute Gasteiger partial charge is 0.343 e. The number of rotatable bonds is 4. The summed E-state index contributed by atoms with van der Waals surface area (Å²) in [5.41, 5.74) is 4.14. The SMILES string of the molecule is CC(C)=CCn1cc(C[N+](C)(C)C)c2ccccc21. The number of nitrogens with zero attached hydrogens (tertiary/aromatic N) is 2. The summed E-state index contributed by atoms with van der Waals surface area (Å²) in [7, 11) is 6.71. The van der Waals surface area contributed by atoms with E-state index in [-0.39, 0.29) is 0 Å². The van der Waals surface area contributed by atoms with Gasteiger partial charge in [-0.3, -0.25) is 0 Å². The minimum Gasteiger partial charge on any atom is -0.343 e. The number of allylic oxidation sites excluding steroid dienone is 2. The van der Waals surface area contributed by atoms with Crippen molar-refractivity contribution in [1.82, 2.24) is 4.57 Å². The molecular weight excluding hydrogens is 232 g/mol. The van der Waals surface area contributed by atoms with E-state index >= 15 is 0 Å². The summed E-state index contributed by atoms with van der Waals surface area (Å²) in [6.07, 6.45) is 4.59. The first kappa shape index (κ1) is 13.9. The summed E-state index contributed by atoms with van der Waals surface area (Å²) in [6.45, 7) is 6.32. The Morgan fingerprint density at radius 3 is 2.47 bits per heavy atom. The molecule has 2 rings (SSSR count). The molecule has 0 unspecified atom stereocenters. The molecule has 0 saturated carbocycles. The normalized spacial score (nSPS) is 11.8. The van der Waals surface area contributed by atoms with Crippen molar-refractivity contribution in [3.63, 3.8) is 0 Å². The van der Waals surface area contributed by atoms with Crippen LogP contribution in [0.15, 0.2) is 42.1 Å². The minimum absolute atomic E-state index is 0.955. The van der Waals surface area contributed by atoms with Gasteiger partial charge in [0.2, 0.25) is 0 Å². The number of para-hydroxylation sites is 1. The summed E-state index contributed by atoms with van der Waals surface area (Å²) < 4.78 is 3.31. The van der Waals surface area contributed by atoms with Gasteiger partial charge in [0.15, 0.2) is 0 Å². The third-order valence-corrected chi connectivity index (χ3v) is 3.21. The number of hydrogen-bond acceptors (Lipinski definition) is 0. The van der Waals surface area contributed by atoms with Crippen molar-refractivity contribution in [3.8, 4) is 0 Å². The van der Waals surface area contributed by atoms with E-state index in [0.29, 0.717) is 0 Å². The maximum absolute atomic E-state index is 2.35. The molecule has 2 aromatic rings. The first-order valence-corrected chi connectivity index (χ1v) is 6.87. The fraction of sp³-hybridized carbons (Fsp3) is 0.412. The van der Waals surface area contributed by atoms with E-state index < -0.39 is 0 Å². The molecule has 0 aliphatic heterocycles. The average molecular weight is 257 g/mol. The van der Waals surface area contributed by atoms with Gasteiger partial charge in [0.1, 0.15) is 6.54 Å². The lowest BCUT2D eigenvalue weighted by Crippen LogP contribution is -2.33. The van der Waals surface area contributed by atoms with Crippen LogP contribution in [0.4, 0.5) is 0 Å². The molecule has 1 aromatic carbocycles. The van der Waals surface area contributed by atoms with Crippen molar-refractivity contribution in [1.29, 1.82) is 0 Å². The molecule has 0 fully saturated rings. The van der Waals surface area contributed by atoms with Gasteiger partial charge in [-0.1, -0.05) is 29.8 Å². The maximum Gasteiger partial charge on any atom is 0.106 e. The summed E-state index contributed by atoms with van der Waals surface area (Å²) in [5, 5.41) is 1.39. The van der Waals surface area contributed by atoms with Gasteiger partial charge in [-0.05, 0) is 19.9 Å². The van der Waals surface area contributed by atoms with E-state index in [2.05, 4.69) is 76.1 Å². The van der Waals surface area contributed by atoms with Gasteiger partial charge in [0, 0.05) is 29.2 Å². The Bertz CT molecular complexity index is 593. The zero-order chi connectivity index (χ0) is 14.0. The van der Waals surface area contributed by atoms with Crippen LogP contribution < -0.4 is 0 Å². The van der Waals surface area contributed by atoms with Crippen LogP contribution in [0.5, 0.6) is 0 Å². The topological polar surface area (TPSA) is 4.93 Å². The number of quaternary nitrogens is 1. The van der Waals surface area contributed by atoms with Crippen LogP contribution in [-0.4, -0.2) is 30.2 Å². The lowest BCUT2D eigenvalue weighted by molar-refractivity contribution is -0.883. The average Bonchev–Trinajstić information content (AvgIpc) is 2.63. The Hall–Kier alpha value is -1.54. The van der Waals surface area contributed by atoms with Gasteiger partial charge in [-0.2, -0.15) is 0 Å². The molecule has 0 bridgehead atoms. The van der Waals surface area contributed by atoms with Crippen molar-refractivity contribution in [2.45, 2.75) is 26.9 Å². The van der Waals surface area contributed by atoms with Crippen LogP contribution >= 0.6 is 0 Å². The van der Waals surface area contributed by atoms with E-state index in [1.54, 1.807) is 0 Å². The molecule has 0 aliphatic carbocycles. The van der Waals surface area contributed by atoms with Gasteiger partial charge < -0.3 is 9.05 Å². The second-order valence-corrected chi connectivity index (χ2v) is 6.55. The Balaban J connectivity index is 2.45. The molecule has 1 heterocycles. The summed E-state index contributed by atoms with van der Waals surface area (Å²) in [4.78, 5) is 0. The molecule has 1 aromatic heterocycles. The number of aromatic nitrogens is 1. The Morgan fingerprint density at radius 1 is 1.16 bits per heavy atom. The van der Waals surface area contributed by atoms with Gasteiger partial charge in [0.05, 0.1) is 21.1 Å². The smallest absolute Gasteiger partial charge is 0.106 e. The van der Waals surface area contributed by atoms with Crippen LogP contribution in [0, 0.1) is 0 Å². The molecule has 0 radical (unpaired) electrons. The first-order valence-electron chi connectivity index (χ1n) is 6.87. The molecule has 19 heavy (non-hydrogen) atoms. The number of benzene rings is 1. The molecule has 2 heteroatoms. The van der Waals surface area contributed by atoms with E-state index in [1.165, 1.54) is 22.0 Å². The molecule has 0 spiro atoms. The monoisotopic (exact) mass is 257 g/mol.